The summed E-state index contributed by atoms with van der Waals surface area (Å²) in [6.45, 7) is -3.18. The number of aromatic nitrogens is 4. The van der Waals surface area contributed by atoms with Crippen LogP contribution >= 0.6 is 0 Å². The Kier molecular flexibility index (Phi) is 13.8. The summed E-state index contributed by atoms with van der Waals surface area (Å²) in [7, 11) is 0. The normalized spacial score (nSPS) is 39.6. The van der Waals surface area contributed by atoms with Crippen LogP contribution in [0.2, 0.25) is 0 Å². The molecule has 0 aromatic carbocycles. The van der Waals surface area contributed by atoms with Gasteiger partial charge >= 0.3 is 0 Å². The molecule has 0 aliphatic carbocycles. The Morgan fingerprint density at radius 2 is 0.529 bits per heavy atom. The average Bonchev–Trinajstić information content (AvgIpc) is 4.19. The second-order valence-corrected chi connectivity index (χ2v) is 17.7. The first-order valence-electron chi connectivity index (χ1n) is 21.9. The minimum absolute atomic E-state index is 0.00867. The molecule has 9 heterocycles. The molecule has 4 unspecified atom stereocenters. The molecule has 8 bridgehead atoms. The number of nitrogens with one attached hydrogen (secondary N) is 2. The van der Waals surface area contributed by atoms with Gasteiger partial charge in [0.25, 0.3) is 0 Å². The van der Waals surface area contributed by atoms with E-state index in [-0.39, 0.29) is 67.1 Å². The second kappa shape index (κ2) is 19.2. The molecule has 370 valence electrons. The van der Waals surface area contributed by atoms with Crippen LogP contribution in [0, 0.1) is 0 Å². The first-order chi connectivity index (χ1) is 32.5. The number of H-pyrrole nitrogens is 2. The highest BCUT2D eigenvalue weighted by Crippen LogP contribution is 2.44. The van der Waals surface area contributed by atoms with Crippen molar-refractivity contribution in [2.45, 2.75) is 122 Å². The molecule has 68 heavy (non-hydrogen) atoms. The van der Waals surface area contributed by atoms with Gasteiger partial charge in [-0.2, -0.15) is 0 Å². The molecule has 20 atom stereocenters. The lowest BCUT2D eigenvalue weighted by molar-refractivity contribution is -0.231. The number of fused-ring (bicyclic) bond motifs is 8. The van der Waals surface area contributed by atoms with Crippen LogP contribution in [-0.2, 0) is 18.9 Å². The Bertz CT molecular complexity index is 2230. The molecule has 24 nitrogen and oxygen atoms in total. The summed E-state index contributed by atoms with van der Waals surface area (Å²) in [5, 5.41) is 174. The molecule has 6 aliphatic heterocycles. The van der Waals surface area contributed by atoms with Crippen LogP contribution in [0.4, 0.5) is 0 Å². The van der Waals surface area contributed by atoms with Crippen LogP contribution in [0.3, 0.4) is 0 Å². The van der Waals surface area contributed by atoms with Crippen LogP contribution < -0.4 is 0 Å². The molecule has 9 rings (SSSR count). The Labute approximate surface area is 384 Å². The minimum atomic E-state index is -1.87. The number of aliphatic hydroxyl groups is 16. The van der Waals surface area contributed by atoms with Gasteiger partial charge in [-0.25, -0.2) is 9.97 Å². The number of ether oxygens (including phenoxy) is 4. The number of hydrogen-bond acceptors (Lipinski definition) is 22. The summed E-state index contributed by atoms with van der Waals surface area (Å²) in [5.74, 6) is 0. The van der Waals surface area contributed by atoms with Crippen molar-refractivity contribution in [1.82, 2.24) is 19.9 Å². The molecule has 6 aliphatic rings. The van der Waals surface area contributed by atoms with E-state index in [4.69, 9.17) is 28.9 Å². The Hall–Kier alpha value is -4.20. The number of rotatable bonds is 8. The molecule has 3 aromatic rings. The Morgan fingerprint density at radius 1 is 0.324 bits per heavy atom. The predicted molar refractivity (Wildman–Crippen MR) is 230 cm³/mol. The Morgan fingerprint density at radius 3 is 0.721 bits per heavy atom. The van der Waals surface area contributed by atoms with E-state index in [1.54, 1.807) is 0 Å². The third kappa shape index (κ3) is 8.11. The molecule has 0 radical (unpaired) electrons. The van der Waals surface area contributed by atoms with E-state index in [0.717, 1.165) is 0 Å². The summed E-state index contributed by atoms with van der Waals surface area (Å²) in [4.78, 5) is 16.1. The summed E-state index contributed by atoms with van der Waals surface area (Å²) in [6, 6.07) is 5.93. The zero-order valence-corrected chi connectivity index (χ0v) is 35.7. The molecule has 3 aromatic heterocycles. The van der Waals surface area contributed by atoms with Crippen LogP contribution in [-0.4, -0.2) is 226 Å². The molecule has 0 amide bonds. The van der Waals surface area contributed by atoms with E-state index < -0.39 is 149 Å². The maximum Gasteiger partial charge on any atom is 0.116 e. The summed E-state index contributed by atoms with van der Waals surface area (Å²) in [5.41, 5.74) is 0.462. The second-order valence-electron chi connectivity index (χ2n) is 17.7. The monoisotopic (exact) mass is 958 g/mol. The van der Waals surface area contributed by atoms with E-state index >= 15 is 0 Å². The zero-order chi connectivity index (χ0) is 48.6. The van der Waals surface area contributed by atoms with Gasteiger partial charge in [0.15, 0.2) is 0 Å². The van der Waals surface area contributed by atoms with Crippen LogP contribution in [0.5, 0.6) is 0 Å². The van der Waals surface area contributed by atoms with Crippen molar-refractivity contribution in [2.24, 2.45) is 0 Å². The quantitative estimate of drug-likeness (QED) is 0.0691. The zero-order valence-electron chi connectivity index (χ0n) is 35.7. The highest BCUT2D eigenvalue weighted by atomic mass is 16.6. The van der Waals surface area contributed by atoms with Gasteiger partial charge in [-0.3, -0.25) is 0 Å². The lowest BCUT2D eigenvalue weighted by atomic mass is 9.90. The fraction of sp³-hybridized carbons (Fsp3) is 0.545. The topological polar surface area (TPSA) is 418 Å². The van der Waals surface area contributed by atoms with Gasteiger partial charge in [0.1, 0.15) is 122 Å². The third-order valence-corrected chi connectivity index (χ3v) is 13.6. The van der Waals surface area contributed by atoms with E-state index in [1.165, 1.54) is 48.6 Å². The number of nitrogens with zero attached hydrogens (tertiary/aromatic N) is 2. The summed E-state index contributed by atoms with van der Waals surface area (Å²) >= 11 is 0. The van der Waals surface area contributed by atoms with Gasteiger partial charge < -0.3 is 111 Å². The number of hydrogen-bond donors (Lipinski definition) is 18. The maximum absolute atomic E-state index is 11.6. The molecule has 0 spiro atoms. The third-order valence-electron chi connectivity index (χ3n) is 13.6. The summed E-state index contributed by atoms with van der Waals surface area (Å²) in [6.07, 6.45) is -28.1. The van der Waals surface area contributed by atoms with E-state index in [2.05, 4.69) is 9.97 Å². The van der Waals surface area contributed by atoms with Gasteiger partial charge in [0, 0.05) is 44.3 Å². The first kappa shape index (κ1) is 48.8. The standard InChI is InChI=1S/C44H54N4O20/c49-9-21-29(53)33(57)37(61)41(65-21)25-13-1-2-14(45-13)26(42-38(62)34(58)30(54)22(10-50)66-42)16-5-6-18(47-16)28(44-40(64)36(60)32(56)24(12-52)68-44)20-8-7-19(48-20)27(17-4-3-15(25)46-17)43-39(63)35(59)31(55)23(11-51)67-43/h1-8,21-24,29-45,48-64H,9-12H2/t21-,22-,23-,24-,29-,30-,31-,32-,33+,34+,35+,36+,37-,38-,39-,40-,41?,42?,43?,44?/m1/s1. The molecule has 4 saturated heterocycles. The van der Waals surface area contributed by atoms with Crippen molar-refractivity contribution >= 4 is 46.4 Å². The van der Waals surface area contributed by atoms with Crippen molar-refractivity contribution < 1.29 is 101 Å². The van der Waals surface area contributed by atoms with Gasteiger partial charge in [0.2, 0.25) is 0 Å². The largest absolute Gasteiger partial charge is 0.394 e. The van der Waals surface area contributed by atoms with Crippen molar-refractivity contribution in [3.05, 3.63) is 69.3 Å². The number of aromatic amines is 2. The van der Waals surface area contributed by atoms with Crippen LogP contribution in [0.15, 0.2) is 24.3 Å². The maximum atomic E-state index is 11.6. The smallest absolute Gasteiger partial charge is 0.116 e. The molecule has 18 N–H and O–H groups in total. The lowest BCUT2D eigenvalue weighted by Gasteiger charge is -2.40. The molecule has 4 fully saturated rings. The van der Waals surface area contributed by atoms with Crippen molar-refractivity contribution in [1.29, 1.82) is 0 Å². The van der Waals surface area contributed by atoms with Gasteiger partial charge in [-0.1, -0.05) is 0 Å². The van der Waals surface area contributed by atoms with Gasteiger partial charge in [0.05, 0.1) is 49.2 Å². The van der Waals surface area contributed by atoms with E-state index in [1.807, 2.05) is 0 Å². The van der Waals surface area contributed by atoms with Crippen molar-refractivity contribution in [3.8, 4) is 0 Å². The van der Waals surface area contributed by atoms with E-state index in [0.29, 0.717) is 0 Å². The van der Waals surface area contributed by atoms with Crippen molar-refractivity contribution in [2.75, 3.05) is 26.4 Å². The molecule has 0 saturated carbocycles. The molecular formula is C44H54N4O20. The highest BCUT2D eigenvalue weighted by Gasteiger charge is 2.50. The number of aliphatic hydroxyl groups excluding tert-OH is 16. The molecular weight excluding hydrogens is 904 g/mol. The summed E-state index contributed by atoms with van der Waals surface area (Å²) < 4.78 is 24.2. The predicted octanol–water partition coefficient (Wildman–Crippen LogP) is -5.28. The van der Waals surface area contributed by atoms with Crippen molar-refractivity contribution in [3.63, 3.8) is 0 Å². The molecule has 24 heteroatoms. The SMILES string of the molecule is OC[C@H]1OC(c2c3nc(c(C4O[C@H](CO)[C@@H](O)[C@H](O)[C@H]4O)c4ccc([nH]4)c(C4O[C@H](CO)[C@@H](O)[C@H](O)[C@H]4O)c4nc(c(C5O[C@H](CO)[C@@H](O)[C@H](O)[C@H]5O)c5ccc2[nH]5)C=C4)C=C3)[C@H](O)[C@@H](O)[C@@H]1O. The van der Waals surface area contributed by atoms with Crippen LogP contribution in [0.25, 0.3) is 46.4 Å². The van der Waals surface area contributed by atoms with Gasteiger partial charge in [-0.05, 0) is 48.6 Å². The van der Waals surface area contributed by atoms with Gasteiger partial charge in [-0.15, -0.1) is 0 Å². The minimum Gasteiger partial charge on any atom is -0.394 e. The first-order valence-corrected chi connectivity index (χ1v) is 21.9. The average molecular weight is 959 g/mol. The Balaban J connectivity index is 1.41. The van der Waals surface area contributed by atoms with Crippen LogP contribution in [0.1, 0.15) is 69.4 Å². The fourth-order valence-electron chi connectivity index (χ4n) is 9.85. The van der Waals surface area contributed by atoms with E-state index in [9.17, 15) is 81.7 Å². The fourth-order valence-corrected chi connectivity index (χ4v) is 9.85. The lowest BCUT2D eigenvalue weighted by Crippen LogP contribution is -2.55. The highest BCUT2D eigenvalue weighted by molar-refractivity contribution is 5.84.